The Morgan fingerprint density at radius 2 is 2.11 bits per heavy atom. The maximum atomic E-state index is 12.2. The Hall–Kier alpha value is -1.53. The van der Waals surface area contributed by atoms with Crippen molar-refractivity contribution < 1.29 is 9.59 Å². The van der Waals surface area contributed by atoms with Crippen molar-refractivity contribution in [3.63, 3.8) is 0 Å². The van der Waals surface area contributed by atoms with E-state index in [2.05, 4.69) is 26.2 Å². The van der Waals surface area contributed by atoms with Gasteiger partial charge in [0.25, 0.3) is 0 Å². The van der Waals surface area contributed by atoms with Crippen LogP contribution in [0, 0.1) is 0 Å². The fraction of sp³-hybridized carbons (Fsp3) is 0.0833. The van der Waals surface area contributed by atoms with Crippen molar-refractivity contribution >= 4 is 44.6 Å². The molecule has 0 saturated carbocycles. The van der Waals surface area contributed by atoms with Crippen LogP contribution in [0.15, 0.2) is 35.8 Å². The number of halogens is 1. The van der Waals surface area contributed by atoms with Gasteiger partial charge in [0.1, 0.15) is 0 Å². The average Bonchev–Trinajstić information content (AvgIpc) is 2.92. The van der Waals surface area contributed by atoms with Crippen molar-refractivity contribution in [1.29, 1.82) is 0 Å². The van der Waals surface area contributed by atoms with Gasteiger partial charge in [-0.1, -0.05) is 28.1 Å². The highest BCUT2D eigenvalue weighted by Crippen LogP contribution is 2.20. The molecule has 4 nitrogen and oxygen atoms in total. The van der Waals surface area contributed by atoms with Crippen LogP contribution in [0.3, 0.4) is 0 Å². The molecule has 1 aromatic carbocycles. The van der Waals surface area contributed by atoms with Crippen molar-refractivity contribution in [2.45, 2.75) is 0 Å². The molecule has 18 heavy (non-hydrogen) atoms. The number of ketones is 1. The Morgan fingerprint density at radius 1 is 1.33 bits per heavy atom. The van der Waals surface area contributed by atoms with E-state index in [1.54, 1.807) is 35.8 Å². The second kappa shape index (κ2) is 5.88. The third-order valence-electron chi connectivity index (χ3n) is 2.19. The van der Waals surface area contributed by atoms with E-state index >= 15 is 0 Å². The Bertz CT molecular complexity index is 569. The molecule has 1 aromatic heterocycles. The average molecular weight is 325 g/mol. The minimum Gasteiger partial charge on any atom is -0.325 e. The van der Waals surface area contributed by atoms with E-state index in [0.29, 0.717) is 16.3 Å². The molecule has 1 heterocycles. The van der Waals surface area contributed by atoms with Crippen LogP contribution in [0.2, 0.25) is 0 Å². The van der Waals surface area contributed by atoms with E-state index in [-0.39, 0.29) is 17.0 Å². The first-order valence-corrected chi connectivity index (χ1v) is 7.11. The van der Waals surface area contributed by atoms with Gasteiger partial charge >= 0.3 is 0 Å². The summed E-state index contributed by atoms with van der Waals surface area (Å²) in [5, 5.41) is 5.02. The van der Waals surface area contributed by atoms with Crippen LogP contribution in [0.5, 0.6) is 0 Å². The monoisotopic (exact) mass is 324 g/mol. The quantitative estimate of drug-likeness (QED) is 0.694. The number of carbonyl (C=O) groups is 2. The Morgan fingerprint density at radius 3 is 2.78 bits per heavy atom. The molecule has 0 atom stereocenters. The first-order valence-electron chi connectivity index (χ1n) is 5.11. The maximum Gasteiger partial charge on any atom is 0.235 e. The second-order valence-corrected chi connectivity index (χ2v) is 4.85. The largest absolute Gasteiger partial charge is 0.325 e. The van der Waals surface area contributed by atoms with Crippen LogP contribution < -0.4 is 5.32 Å². The number of rotatable bonds is 4. The molecule has 0 aliphatic carbocycles. The number of alkyl halides is 1. The Kier molecular flexibility index (Phi) is 4.22. The Balaban J connectivity index is 2.33. The van der Waals surface area contributed by atoms with Crippen molar-refractivity contribution in [3.05, 3.63) is 46.4 Å². The third kappa shape index (κ3) is 2.83. The molecule has 0 saturated heterocycles. The highest BCUT2D eigenvalue weighted by atomic mass is 79.9. The van der Waals surface area contributed by atoms with Crippen LogP contribution in [0.25, 0.3) is 0 Å². The lowest BCUT2D eigenvalue weighted by atomic mass is 10.1. The smallest absolute Gasteiger partial charge is 0.235 e. The first-order chi connectivity index (χ1) is 8.72. The number of hydrogen-bond acceptors (Lipinski definition) is 4. The number of nitrogens with one attached hydrogen (secondary N) is 1. The molecule has 1 amide bonds. The van der Waals surface area contributed by atoms with Crippen LogP contribution in [0.1, 0.15) is 15.4 Å². The minimum atomic E-state index is -0.200. The van der Waals surface area contributed by atoms with E-state index in [4.69, 9.17) is 0 Å². The summed E-state index contributed by atoms with van der Waals surface area (Å²) >= 11 is 4.34. The predicted molar refractivity (Wildman–Crippen MR) is 74.4 cm³/mol. The minimum absolute atomic E-state index is 0.185. The van der Waals surface area contributed by atoms with Gasteiger partial charge in [-0.25, -0.2) is 4.98 Å². The summed E-state index contributed by atoms with van der Waals surface area (Å²) in [6.07, 6.45) is 1.58. The van der Waals surface area contributed by atoms with Crippen molar-refractivity contribution in [2.75, 3.05) is 10.6 Å². The lowest BCUT2D eigenvalue weighted by molar-refractivity contribution is -0.113. The molecule has 0 spiro atoms. The molecule has 2 aromatic rings. The normalized spacial score (nSPS) is 10.1. The van der Waals surface area contributed by atoms with E-state index in [9.17, 15) is 9.59 Å². The third-order valence-corrected chi connectivity index (χ3v) is 3.47. The van der Waals surface area contributed by atoms with Crippen LogP contribution in [-0.2, 0) is 4.79 Å². The number of carbonyl (C=O) groups excluding carboxylic acids is 2. The number of amides is 1. The molecule has 0 aliphatic heterocycles. The number of nitrogens with zero attached hydrogens (tertiary/aromatic N) is 1. The molecule has 2 rings (SSSR count). The van der Waals surface area contributed by atoms with Gasteiger partial charge in [-0.2, -0.15) is 0 Å². The second-order valence-electron chi connectivity index (χ2n) is 3.39. The lowest BCUT2D eigenvalue weighted by Crippen LogP contribution is -2.15. The summed E-state index contributed by atoms with van der Waals surface area (Å²) in [4.78, 5) is 27.5. The maximum absolute atomic E-state index is 12.2. The number of thiazole rings is 1. The Labute approximate surface area is 116 Å². The highest BCUT2D eigenvalue weighted by molar-refractivity contribution is 9.09. The summed E-state index contributed by atoms with van der Waals surface area (Å²) in [5.41, 5.74) is 0.948. The van der Waals surface area contributed by atoms with E-state index < -0.39 is 0 Å². The van der Waals surface area contributed by atoms with Gasteiger partial charge in [0.05, 0.1) is 11.0 Å². The van der Waals surface area contributed by atoms with Crippen molar-refractivity contribution in [2.24, 2.45) is 0 Å². The summed E-state index contributed by atoms with van der Waals surface area (Å²) in [5.74, 6) is -0.384. The van der Waals surface area contributed by atoms with Crippen LogP contribution in [-0.4, -0.2) is 22.0 Å². The zero-order valence-corrected chi connectivity index (χ0v) is 11.6. The van der Waals surface area contributed by atoms with Gasteiger partial charge in [0.15, 0.2) is 5.01 Å². The zero-order valence-electron chi connectivity index (χ0n) is 9.22. The number of benzene rings is 1. The van der Waals surface area contributed by atoms with E-state index in [1.807, 2.05) is 0 Å². The number of hydrogen-bond donors (Lipinski definition) is 1. The number of aromatic nitrogens is 1. The first kappa shape index (κ1) is 12.9. The van der Waals surface area contributed by atoms with Gasteiger partial charge < -0.3 is 5.32 Å². The van der Waals surface area contributed by atoms with Gasteiger partial charge in [-0.15, -0.1) is 11.3 Å². The number of anilines is 1. The van der Waals surface area contributed by atoms with Crippen molar-refractivity contribution in [1.82, 2.24) is 4.98 Å². The van der Waals surface area contributed by atoms with Gasteiger partial charge in [0, 0.05) is 17.1 Å². The zero-order chi connectivity index (χ0) is 13.0. The molecular weight excluding hydrogens is 316 g/mol. The fourth-order valence-corrected chi connectivity index (χ4v) is 2.15. The van der Waals surface area contributed by atoms with E-state index in [1.165, 1.54) is 11.3 Å². The van der Waals surface area contributed by atoms with Gasteiger partial charge in [0.2, 0.25) is 11.7 Å². The van der Waals surface area contributed by atoms with Gasteiger partial charge in [-0.05, 0) is 12.1 Å². The molecule has 0 unspecified atom stereocenters. The van der Waals surface area contributed by atoms with Gasteiger partial charge in [-0.3, -0.25) is 9.59 Å². The standard InChI is InChI=1S/C12H9BrN2O2S/c13-7-10(16)15-9-4-2-1-3-8(9)11(17)12-14-5-6-18-12/h1-6H,7H2,(H,15,16). The highest BCUT2D eigenvalue weighted by Gasteiger charge is 2.16. The van der Waals surface area contributed by atoms with Crippen LogP contribution >= 0.6 is 27.3 Å². The fourth-order valence-electron chi connectivity index (χ4n) is 1.42. The lowest BCUT2D eigenvalue weighted by Gasteiger charge is -2.07. The van der Waals surface area contributed by atoms with E-state index in [0.717, 1.165) is 0 Å². The predicted octanol–water partition coefficient (Wildman–Crippen LogP) is 2.71. The molecule has 1 N–H and O–H groups in total. The molecule has 0 bridgehead atoms. The summed E-state index contributed by atoms with van der Waals surface area (Å²) in [7, 11) is 0. The molecule has 0 fully saturated rings. The number of para-hydroxylation sites is 1. The molecule has 6 heteroatoms. The summed E-state index contributed by atoms with van der Waals surface area (Å²) in [6, 6.07) is 6.89. The van der Waals surface area contributed by atoms with Crippen molar-refractivity contribution in [3.8, 4) is 0 Å². The molecule has 92 valence electrons. The summed E-state index contributed by atoms with van der Waals surface area (Å²) < 4.78 is 0. The molecular formula is C12H9BrN2O2S. The molecule has 0 aliphatic rings. The van der Waals surface area contributed by atoms with Crippen LogP contribution in [0.4, 0.5) is 5.69 Å². The topological polar surface area (TPSA) is 59.1 Å². The SMILES string of the molecule is O=C(CBr)Nc1ccccc1C(=O)c1nccs1. The molecule has 0 radical (unpaired) electrons. The summed E-state index contributed by atoms with van der Waals surface area (Å²) in [6.45, 7) is 0.